The minimum absolute atomic E-state index is 0.0846. The highest BCUT2D eigenvalue weighted by Gasteiger charge is 2.32. The Bertz CT molecular complexity index is 1040. The second kappa shape index (κ2) is 11.0. The summed E-state index contributed by atoms with van der Waals surface area (Å²) in [4.78, 5) is 34.4. The van der Waals surface area contributed by atoms with Crippen molar-refractivity contribution < 1.29 is 22.7 Å². The molecule has 0 saturated carbocycles. The molecule has 0 radical (unpaired) electrons. The number of benzene rings is 1. The van der Waals surface area contributed by atoms with E-state index in [0.29, 0.717) is 44.0 Å². The number of piperazine rings is 2. The van der Waals surface area contributed by atoms with Crippen molar-refractivity contribution in [3.8, 4) is 5.75 Å². The molecule has 2 aliphatic rings. The van der Waals surface area contributed by atoms with Gasteiger partial charge in [0.2, 0.25) is 17.8 Å². The van der Waals surface area contributed by atoms with Gasteiger partial charge in [0.25, 0.3) is 0 Å². The van der Waals surface area contributed by atoms with Crippen molar-refractivity contribution in [2.75, 3.05) is 81.6 Å². The Balaban J connectivity index is 1.34. The second-order valence-corrected chi connectivity index (χ2v) is 8.59. The molecule has 0 aliphatic carbocycles. The maximum atomic E-state index is 12.7. The quantitative estimate of drug-likeness (QED) is 0.601. The van der Waals surface area contributed by atoms with Gasteiger partial charge in [-0.3, -0.25) is 0 Å². The highest BCUT2D eigenvalue weighted by atomic mass is 19.4. The maximum Gasteiger partial charge on any atom is 0.573 e. The SMILES string of the molecule is CNc1nc(N2CCN(C)CC2)nc(N2CCN(C(=O)NCc3ccccc3OC(F)(F)F)CC2)n1. The lowest BCUT2D eigenvalue weighted by Gasteiger charge is -2.36. The number of para-hydroxylation sites is 1. The zero-order valence-electron chi connectivity index (χ0n) is 20.3. The number of rotatable bonds is 6. The molecule has 36 heavy (non-hydrogen) atoms. The van der Waals surface area contributed by atoms with E-state index in [1.165, 1.54) is 18.2 Å². The highest BCUT2D eigenvalue weighted by molar-refractivity contribution is 5.74. The van der Waals surface area contributed by atoms with Crippen LogP contribution in [-0.2, 0) is 6.54 Å². The first-order valence-electron chi connectivity index (χ1n) is 11.7. The molecule has 2 saturated heterocycles. The van der Waals surface area contributed by atoms with Gasteiger partial charge in [-0.2, -0.15) is 15.0 Å². The van der Waals surface area contributed by atoms with Gasteiger partial charge in [-0.25, -0.2) is 4.79 Å². The van der Waals surface area contributed by atoms with E-state index in [4.69, 9.17) is 0 Å². The molecule has 14 heteroatoms. The van der Waals surface area contributed by atoms with Crippen LogP contribution < -0.4 is 25.2 Å². The molecule has 2 fully saturated rings. The van der Waals surface area contributed by atoms with E-state index in [0.717, 1.165) is 26.2 Å². The Morgan fingerprint density at radius 3 is 2.11 bits per heavy atom. The third-order valence-electron chi connectivity index (χ3n) is 6.10. The van der Waals surface area contributed by atoms with E-state index < -0.39 is 6.36 Å². The molecule has 2 aliphatic heterocycles. The maximum absolute atomic E-state index is 12.7. The number of carbonyl (C=O) groups is 1. The van der Waals surface area contributed by atoms with Crippen LogP contribution in [0.3, 0.4) is 0 Å². The molecule has 2 N–H and O–H groups in total. The smallest absolute Gasteiger partial charge is 0.405 e. The summed E-state index contributed by atoms with van der Waals surface area (Å²) in [7, 11) is 3.84. The van der Waals surface area contributed by atoms with E-state index in [1.54, 1.807) is 18.0 Å². The number of anilines is 3. The van der Waals surface area contributed by atoms with E-state index in [2.05, 4.69) is 47.2 Å². The number of carbonyl (C=O) groups excluding carboxylic acids is 1. The summed E-state index contributed by atoms with van der Waals surface area (Å²) in [5.41, 5.74) is 0.239. The monoisotopic (exact) mass is 509 g/mol. The molecule has 0 bridgehead atoms. The first kappa shape index (κ1) is 25.5. The number of urea groups is 1. The normalized spacial score (nSPS) is 17.2. The molecule has 2 aromatic rings. The zero-order chi connectivity index (χ0) is 25.7. The number of aromatic nitrogens is 3. The topological polar surface area (TPSA) is 102 Å². The van der Waals surface area contributed by atoms with Crippen LogP contribution in [0.1, 0.15) is 5.56 Å². The lowest BCUT2D eigenvalue weighted by atomic mass is 10.2. The van der Waals surface area contributed by atoms with Gasteiger partial charge in [-0.05, 0) is 13.1 Å². The number of nitrogens with one attached hydrogen (secondary N) is 2. The summed E-state index contributed by atoms with van der Waals surface area (Å²) in [6, 6.07) is 5.38. The van der Waals surface area contributed by atoms with Crippen LogP contribution in [0.25, 0.3) is 0 Å². The van der Waals surface area contributed by atoms with Crippen molar-refractivity contribution in [2.24, 2.45) is 0 Å². The van der Waals surface area contributed by atoms with Crippen LogP contribution in [0.4, 0.5) is 35.8 Å². The lowest BCUT2D eigenvalue weighted by molar-refractivity contribution is -0.274. The van der Waals surface area contributed by atoms with Crippen LogP contribution in [0.5, 0.6) is 5.75 Å². The van der Waals surface area contributed by atoms with Gasteiger partial charge in [0.15, 0.2) is 0 Å². The fourth-order valence-electron chi connectivity index (χ4n) is 4.02. The number of hydrogen-bond acceptors (Lipinski definition) is 9. The Hall–Kier alpha value is -3.55. The first-order valence-corrected chi connectivity index (χ1v) is 11.7. The van der Waals surface area contributed by atoms with Crippen molar-refractivity contribution in [3.05, 3.63) is 29.8 Å². The van der Waals surface area contributed by atoms with E-state index in [1.807, 2.05) is 4.90 Å². The summed E-state index contributed by atoms with van der Waals surface area (Å²) in [6.45, 7) is 5.27. The van der Waals surface area contributed by atoms with Gasteiger partial charge in [0.1, 0.15) is 5.75 Å². The molecule has 0 atom stereocenters. The molecule has 0 unspecified atom stereocenters. The molecule has 1 aromatic heterocycles. The molecular formula is C22H30F3N9O2. The zero-order valence-corrected chi connectivity index (χ0v) is 20.3. The largest absolute Gasteiger partial charge is 0.573 e. The summed E-state index contributed by atoms with van der Waals surface area (Å²) in [6.07, 6.45) is -4.80. The first-order chi connectivity index (χ1) is 17.2. The van der Waals surface area contributed by atoms with Gasteiger partial charge in [-0.15, -0.1) is 13.2 Å². The number of alkyl halides is 3. The standard InChI is InChI=1S/C22H30F3N9O2/c1-26-18-28-19(32-9-7-31(2)8-10-32)30-20(29-18)33-11-13-34(14-12-33)21(35)27-15-16-5-3-4-6-17(16)36-22(23,24)25/h3-6H,7-15H2,1-2H3,(H,27,35)(H,26,28,29,30). The third-order valence-corrected chi connectivity index (χ3v) is 6.10. The number of nitrogens with zero attached hydrogens (tertiary/aromatic N) is 7. The Kier molecular flexibility index (Phi) is 7.82. The van der Waals surface area contributed by atoms with Crippen molar-refractivity contribution in [1.29, 1.82) is 0 Å². The number of amides is 2. The van der Waals surface area contributed by atoms with Gasteiger partial charge >= 0.3 is 12.4 Å². The van der Waals surface area contributed by atoms with Gasteiger partial charge in [-0.1, -0.05) is 18.2 Å². The number of halogens is 3. The van der Waals surface area contributed by atoms with E-state index in [9.17, 15) is 18.0 Å². The van der Waals surface area contributed by atoms with Crippen LogP contribution in [0.2, 0.25) is 0 Å². The fourth-order valence-corrected chi connectivity index (χ4v) is 4.02. The minimum atomic E-state index is -4.80. The van der Waals surface area contributed by atoms with Gasteiger partial charge in [0.05, 0.1) is 0 Å². The molecule has 2 amide bonds. The molecule has 1 aromatic carbocycles. The number of ether oxygens (including phenoxy) is 1. The van der Waals surface area contributed by atoms with Crippen molar-refractivity contribution in [1.82, 2.24) is 30.1 Å². The van der Waals surface area contributed by atoms with Crippen LogP contribution in [-0.4, -0.2) is 104 Å². The summed E-state index contributed by atoms with van der Waals surface area (Å²) in [5, 5.41) is 5.67. The summed E-state index contributed by atoms with van der Waals surface area (Å²) in [5.74, 6) is 1.31. The van der Waals surface area contributed by atoms with Gasteiger partial charge < -0.3 is 35.0 Å². The Morgan fingerprint density at radius 2 is 1.53 bits per heavy atom. The Morgan fingerprint density at radius 1 is 0.944 bits per heavy atom. The minimum Gasteiger partial charge on any atom is -0.405 e. The molecule has 4 rings (SSSR count). The summed E-state index contributed by atoms with van der Waals surface area (Å²) >= 11 is 0. The van der Waals surface area contributed by atoms with E-state index in [-0.39, 0.29) is 23.9 Å². The molecule has 3 heterocycles. The second-order valence-electron chi connectivity index (χ2n) is 8.59. The van der Waals surface area contributed by atoms with E-state index >= 15 is 0 Å². The average molecular weight is 510 g/mol. The van der Waals surface area contributed by atoms with Crippen molar-refractivity contribution >= 4 is 23.9 Å². The summed E-state index contributed by atoms with van der Waals surface area (Å²) < 4.78 is 42.0. The molecule has 0 spiro atoms. The lowest BCUT2D eigenvalue weighted by Crippen LogP contribution is -2.52. The average Bonchev–Trinajstić information content (AvgIpc) is 2.87. The molecular weight excluding hydrogens is 479 g/mol. The highest BCUT2D eigenvalue weighted by Crippen LogP contribution is 2.26. The predicted molar refractivity (Wildman–Crippen MR) is 128 cm³/mol. The van der Waals surface area contributed by atoms with Crippen LogP contribution >= 0.6 is 0 Å². The van der Waals surface area contributed by atoms with Gasteiger partial charge in [0, 0.05) is 71.5 Å². The molecule has 11 nitrogen and oxygen atoms in total. The van der Waals surface area contributed by atoms with Crippen LogP contribution in [0.15, 0.2) is 24.3 Å². The van der Waals surface area contributed by atoms with Crippen LogP contribution in [0, 0.1) is 0 Å². The Labute approximate surface area is 207 Å². The third kappa shape index (κ3) is 6.56. The molecule has 196 valence electrons. The fraction of sp³-hybridized carbons (Fsp3) is 0.545. The van der Waals surface area contributed by atoms with Crippen molar-refractivity contribution in [2.45, 2.75) is 12.9 Å². The number of likely N-dealkylation sites (N-methyl/N-ethyl adjacent to an activating group) is 1. The number of hydrogen-bond donors (Lipinski definition) is 2. The predicted octanol–water partition coefficient (Wildman–Crippen LogP) is 1.60. The van der Waals surface area contributed by atoms with Crippen molar-refractivity contribution in [3.63, 3.8) is 0 Å².